The number of nitrogens with zero attached hydrogens (tertiary/aromatic N) is 5. The lowest BCUT2D eigenvalue weighted by atomic mass is 10.3. The summed E-state index contributed by atoms with van der Waals surface area (Å²) in [6.45, 7) is 3.55. The van der Waals surface area contributed by atoms with Gasteiger partial charge in [0.2, 0.25) is 0 Å². The van der Waals surface area contributed by atoms with E-state index in [1.165, 1.54) is 6.33 Å². The summed E-state index contributed by atoms with van der Waals surface area (Å²) < 4.78 is 0. The van der Waals surface area contributed by atoms with Gasteiger partial charge in [-0.25, -0.2) is 9.78 Å². The van der Waals surface area contributed by atoms with Gasteiger partial charge >= 0.3 is 12.0 Å². The average Bonchev–Trinajstić information content (AvgIpc) is 2.97. The zero-order chi connectivity index (χ0) is 15.2. The molecule has 0 bridgehead atoms. The van der Waals surface area contributed by atoms with E-state index in [-0.39, 0.29) is 12.5 Å². The number of carbonyl (C=O) groups excluding carboxylic acids is 1. The molecule has 1 fully saturated rings. The van der Waals surface area contributed by atoms with Crippen LogP contribution in [0.15, 0.2) is 6.33 Å². The van der Waals surface area contributed by atoms with Gasteiger partial charge < -0.3 is 14.9 Å². The van der Waals surface area contributed by atoms with Gasteiger partial charge in [0.15, 0.2) is 0 Å². The minimum Gasteiger partial charge on any atom is -0.481 e. The van der Waals surface area contributed by atoms with Gasteiger partial charge in [-0.2, -0.15) is 5.10 Å². The number of H-pyrrole nitrogens is 1. The number of hydrogen-bond donors (Lipinski definition) is 2. The van der Waals surface area contributed by atoms with Crippen LogP contribution in [-0.4, -0.2) is 86.8 Å². The Morgan fingerprint density at radius 2 is 2.10 bits per heavy atom. The molecule has 1 aromatic heterocycles. The molecule has 2 N–H and O–H groups in total. The predicted octanol–water partition coefficient (Wildman–Crippen LogP) is -0.551. The fourth-order valence-corrected chi connectivity index (χ4v) is 2.26. The molecule has 9 heteroatoms. The number of carbonyl (C=O) groups is 2. The van der Waals surface area contributed by atoms with Crippen LogP contribution < -0.4 is 0 Å². The summed E-state index contributed by atoms with van der Waals surface area (Å²) in [5, 5.41) is 15.1. The maximum Gasteiger partial charge on any atom is 0.320 e. The number of aromatic nitrogens is 3. The predicted molar refractivity (Wildman–Crippen MR) is 73.5 cm³/mol. The molecule has 0 spiro atoms. The first-order valence-electron chi connectivity index (χ1n) is 6.84. The zero-order valence-electron chi connectivity index (χ0n) is 12.0. The van der Waals surface area contributed by atoms with E-state index in [1.807, 2.05) is 0 Å². The molecule has 1 aromatic rings. The lowest BCUT2D eigenvalue weighted by Gasteiger charge is -2.36. The Kier molecular flexibility index (Phi) is 5.09. The second-order valence-electron chi connectivity index (χ2n) is 5.04. The maximum absolute atomic E-state index is 12.3. The van der Waals surface area contributed by atoms with Crippen LogP contribution in [0.2, 0.25) is 0 Å². The van der Waals surface area contributed by atoms with Gasteiger partial charge in [0, 0.05) is 39.8 Å². The number of aliphatic carboxylic acids is 1. The third kappa shape index (κ3) is 4.42. The lowest BCUT2D eigenvalue weighted by Crippen LogP contribution is -2.52. The van der Waals surface area contributed by atoms with Crippen LogP contribution in [0.1, 0.15) is 12.2 Å². The van der Waals surface area contributed by atoms with Crippen LogP contribution in [0, 0.1) is 0 Å². The fourth-order valence-electron chi connectivity index (χ4n) is 2.26. The molecule has 2 heterocycles. The summed E-state index contributed by atoms with van der Waals surface area (Å²) in [4.78, 5) is 32.2. The van der Waals surface area contributed by atoms with Crippen LogP contribution in [0.4, 0.5) is 4.79 Å². The molecule has 0 atom stereocenters. The Balaban J connectivity index is 1.76. The molecule has 1 aliphatic heterocycles. The van der Waals surface area contributed by atoms with E-state index in [4.69, 9.17) is 5.11 Å². The highest BCUT2D eigenvalue weighted by Crippen LogP contribution is 2.07. The van der Waals surface area contributed by atoms with E-state index >= 15 is 0 Å². The van der Waals surface area contributed by atoms with Gasteiger partial charge in [-0.05, 0) is 0 Å². The Labute approximate surface area is 122 Å². The van der Waals surface area contributed by atoms with Crippen LogP contribution in [0.25, 0.3) is 0 Å². The van der Waals surface area contributed by atoms with Gasteiger partial charge in [-0.1, -0.05) is 0 Å². The van der Waals surface area contributed by atoms with Gasteiger partial charge in [-0.3, -0.25) is 14.8 Å². The van der Waals surface area contributed by atoms with Crippen LogP contribution in [-0.2, 0) is 11.3 Å². The Morgan fingerprint density at radius 1 is 1.38 bits per heavy atom. The molecule has 1 saturated heterocycles. The minimum absolute atomic E-state index is 0.0516. The lowest BCUT2D eigenvalue weighted by molar-refractivity contribution is -0.137. The van der Waals surface area contributed by atoms with Crippen molar-refractivity contribution >= 4 is 12.0 Å². The van der Waals surface area contributed by atoms with Gasteiger partial charge in [0.05, 0.1) is 13.0 Å². The SMILES string of the molecule is CN(Cc1ncn[nH]1)C(=O)N1CCN(CCC(=O)O)CC1. The van der Waals surface area contributed by atoms with Crippen molar-refractivity contribution in [3.63, 3.8) is 0 Å². The normalized spacial score (nSPS) is 16.0. The second-order valence-corrected chi connectivity index (χ2v) is 5.04. The molecule has 2 rings (SSSR count). The van der Waals surface area contributed by atoms with E-state index in [0.29, 0.717) is 45.1 Å². The van der Waals surface area contributed by atoms with Gasteiger partial charge in [0.1, 0.15) is 12.2 Å². The fraction of sp³-hybridized carbons (Fsp3) is 0.667. The van der Waals surface area contributed by atoms with Crippen molar-refractivity contribution in [1.82, 2.24) is 29.9 Å². The minimum atomic E-state index is -0.791. The number of carboxylic acid groups (broad SMARTS) is 1. The number of nitrogens with one attached hydrogen (secondary N) is 1. The summed E-state index contributed by atoms with van der Waals surface area (Å²) in [5.41, 5.74) is 0. The molecule has 0 saturated carbocycles. The molecular formula is C12H20N6O3. The summed E-state index contributed by atoms with van der Waals surface area (Å²) >= 11 is 0. The molecule has 21 heavy (non-hydrogen) atoms. The van der Waals surface area contributed by atoms with E-state index < -0.39 is 5.97 Å². The topological polar surface area (TPSA) is 106 Å². The maximum atomic E-state index is 12.3. The Hall–Kier alpha value is -2.16. The van der Waals surface area contributed by atoms with Crippen LogP contribution in [0.3, 0.4) is 0 Å². The van der Waals surface area contributed by atoms with Crippen molar-refractivity contribution in [3.05, 3.63) is 12.2 Å². The molecule has 2 amide bonds. The molecule has 0 aromatic carbocycles. The van der Waals surface area contributed by atoms with Crippen molar-refractivity contribution in [2.24, 2.45) is 0 Å². The highest BCUT2D eigenvalue weighted by Gasteiger charge is 2.24. The molecule has 116 valence electrons. The number of hydrogen-bond acceptors (Lipinski definition) is 5. The third-order valence-electron chi connectivity index (χ3n) is 3.46. The molecule has 1 aliphatic rings. The Morgan fingerprint density at radius 3 is 2.67 bits per heavy atom. The van der Waals surface area contributed by atoms with Gasteiger partial charge in [-0.15, -0.1) is 0 Å². The molecule has 0 radical (unpaired) electrons. The van der Waals surface area contributed by atoms with Crippen LogP contribution >= 0.6 is 0 Å². The smallest absolute Gasteiger partial charge is 0.320 e. The largest absolute Gasteiger partial charge is 0.481 e. The third-order valence-corrected chi connectivity index (χ3v) is 3.46. The average molecular weight is 296 g/mol. The molecule has 9 nitrogen and oxygen atoms in total. The summed E-state index contributed by atoms with van der Waals surface area (Å²) in [6.07, 6.45) is 1.55. The number of carboxylic acids is 1. The molecule has 0 aliphatic carbocycles. The monoisotopic (exact) mass is 296 g/mol. The highest BCUT2D eigenvalue weighted by molar-refractivity contribution is 5.74. The van der Waals surface area contributed by atoms with E-state index in [1.54, 1.807) is 16.8 Å². The summed E-state index contributed by atoms with van der Waals surface area (Å²) in [6, 6.07) is -0.0516. The second kappa shape index (κ2) is 7.02. The van der Waals surface area contributed by atoms with Crippen molar-refractivity contribution < 1.29 is 14.7 Å². The standard InChI is InChI=1S/C12H20N6O3/c1-16(8-10-13-9-14-15-10)12(21)18-6-4-17(5-7-18)3-2-11(19)20/h9H,2-8H2,1H3,(H,19,20)(H,13,14,15). The Bertz CT molecular complexity index is 469. The molecular weight excluding hydrogens is 276 g/mol. The van der Waals surface area contributed by atoms with Crippen molar-refractivity contribution in [2.75, 3.05) is 39.8 Å². The van der Waals surface area contributed by atoms with Gasteiger partial charge in [0.25, 0.3) is 0 Å². The van der Waals surface area contributed by atoms with Crippen molar-refractivity contribution in [1.29, 1.82) is 0 Å². The summed E-state index contributed by atoms with van der Waals surface area (Å²) in [5.74, 6) is -0.147. The zero-order valence-corrected chi connectivity index (χ0v) is 12.0. The molecule has 0 unspecified atom stereocenters. The van der Waals surface area contributed by atoms with E-state index in [0.717, 1.165) is 0 Å². The first-order chi connectivity index (χ1) is 10.1. The quantitative estimate of drug-likeness (QED) is 0.755. The van der Waals surface area contributed by atoms with E-state index in [2.05, 4.69) is 20.1 Å². The van der Waals surface area contributed by atoms with Crippen molar-refractivity contribution in [3.8, 4) is 0 Å². The highest BCUT2D eigenvalue weighted by atomic mass is 16.4. The summed E-state index contributed by atoms with van der Waals surface area (Å²) in [7, 11) is 1.72. The number of urea groups is 1. The number of piperazine rings is 1. The van der Waals surface area contributed by atoms with Crippen LogP contribution in [0.5, 0.6) is 0 Å². The first-order valence-corrected chi connectivity index (χ1v) is 6.84. The first kappa shape index (κ1) is 15.2. The number of rotatable bonds is 5. The van der Waals surface area contributed by atoms with E-state index in [9.17, 15) is 9.59 Å². The number of aromatic amines is 1. The number of amides is 2. The van der Waals surface area contributed by atoms with Crippen molar-refractivity contribution in [2.45, 2.75) is 13.0 Å².